The van der Waals surface area contributed by atoms with Gasteiger partial charge in [0.05, 0.1) is 17.1 Å². The molecular formula is C8H19NO5S2. The maximum Gasteiger partial charge on any atom is 0.214 e. The van der Waals surface area contributed by atoms with Crippen LogP contribution in [0.5, 0.6) is 0 Å². The van der Waals surface area contributed by atoms with Crippen LogP contribution in [0.2, 0.25) is 0 Å². The van der Waals surface area contributed by atoms with Gasteiger partial charge in [-0.15, -0.1) is 0 Å². The third-order valence-electron chi connectivity index (χ3n) is 1.80. The lowest BCUT2D eigenvalue weighted by Crippen LogP contribution is -2.41. The molecule has 8 heteroatoms. The second kappa shape index (κ2) is 4.99. The summed E-state index contributed by atoms with van der Waals surface area (Å²) in [5, 5.41) is 9.46. The molecule has 0 aliphatic rings. The van der Waals surface area contributed by atoms with Crippen molar-refractivity contribution in [3.8, 4) is 0 Å². The lowest BCUT2D eigenvalue weighted by Gasteiger charge is -2.24. The maximum absolute atomic E-state index is 11.6. The molecule has 0 spiro atoms. The zero-order chi connectivity index (χ0) is 13.2. The predicted octanol–water partition coefficient (Wildman–Crippen LogP) is -0.936. The Morgan fingerprint density at radius 2 is 1.56 bits per heavy atom. The Morgan fingerprint density at radius 1 is 1.12 bits per heavy atom. The SMILES string of the molecule is CN(CC(C)(C)O)S(=O)(=O)CCS(C)(=O)=O. The van der Waals surface area contributed by atoms with Crippen LogP contribution in [0.15, 0.2) is 0 Å². The first kappa shape index (κ1) is 15.8. The van der Waals surface area contributed by atoms with E-state index in [4.69, 9.17) is 0 Å². The monoisotopic (exact) mass is 273 g/mol. The number of sulfone groups is 1. The Hall–Kier alpha value is -0.180. The highest BCUT2D eigenvalue weighted by Gasteiger charge is 2.25. The van der Waals surface area contributed by atoms with Crippen molar-refractivity contribution in [3.63, 3.8) is 0 Å². The Bertz CT molecular complexity index is 418. The number of nitrogens with zero attached hydrogens (tertiary/aromatic N) is 1. The first-order valence-corrected chi connectivity index (χ1v) is 8.35. The molecule has 0 bridgehead atoms. The van der Waals surface area contributed by atoms with Gasteiger partial charge in [0.15, 0.2) is 0 Å². The van der Waals surface area contributed by atoms with Gasteiger partial charge in [0.1, 0.15) is 9.84 Å². The summed E-state index contributed by atoms with van der Waals surface area (Å²) in [6.45, 7) is 2.89. The quantitative estimate of drug-likeness (QED) is 0.674. The van der Waals surface area contributed by atoms with Crippen molar-refractivity contribution in [2.45, 2.75) is 19.4 Å². The Balaban J connectivity index is 4.57. The van der Waals surface area contributed by atoms with Crippen LogP contribution in [0, 0.1) is 0 Å². The molecule has 0 fully saturated rings. The molecule has 6 nitrogen and oxygen atoms in total. The molecule has 0 aromatic carbocycles. The van der Waals surface area contributed by atoms with Crippen LogP contribution in [-0.4, -0.2) is 63.2 Å². The molecule has 0 heterocycles. The zero-order valence-electron chi connectivity index (χ0n) is 9.97. The topological polar surface area (TPSA) is 91.8 Å². The summed E-state index contributed by atoms with van der Waals surface area (Å²) in [5.74, 6) is -0.871. The maximum atomic E-state index is 11.6. The van der Waals surface area contributed by atoms with E-state index in [1.54, 1.807) is 0 Å². The summed E-state index contributed by atoms with van der Waals surface area (Å²) in [5.41, 5.74) is -1.15. The van der Waals surface area contributed by atoms with Gasteiger partial charge in [0.2, 0.25) is 10.0 Å². The number of sulfonamides is 1. The lowest BCUT2D eigenvalue weighted by molar-refractivity contribution is 0.0640. The molecule has 98 valence electrons. The van der Waals surface area contributed by atoms with E-state index in [1.165, 1.54) is 20.9 Å². The molecular weight excluding hydrogens is 254 g/mol. The van der Waals surface area contributed by atoms with Gasteiger partial charge in [-0.25, -0.2) is 21.1 Å². The molecule has 0 aromatic heterocycles. The third-order valence-corrected chi connectivity index (χ3v) is 4.80. The van der Waals surface area contributed by atoms with E-state index in [0.717, 1.165) is 10.6 Å². The van der Waals surface area contributed by atoms with Crippen LogP contribution in [-0.2, 0) is 19.9 Å². The Labute approximate surface area is 97.2 Å². The molecule has 0 aliphatic heterocycles. The summed E-state index contributed by atoms with van der Waals surface area (Å²) < 4.78 is 45.9. The van der Waals surface area contributed by atoms with Crippen molar-refractivity contribution in [1.29, 1.82) is 0 Å². The van der Waals surface area contributed by atoms with E-state index in [1.807, 2.05) is 0 Å². The van der Waals surface area contributed by atoms with E-state index < -0.39 is 37.0 Å². The summed E-state index contributed by atoms with van der Waals surface area (Å²) in [6.07, 6.45) is 0.985. The largest absolute Gasteiger partial charge is 0.389 e. The predicted molar refractivity (Wildman–Crippen MR) is 62.4 cm³/mol. The van der Waals surface area contributed by atoms with E-state index in [9.17, 15) is 21.9 Å². The highest BCUT2D eigenvalue weighted by Crippen LogP contribution is 2.08. The van der Waals surface area contributed by atoms with Crippen LogP contribution in [0.1, 0.15) is 13.8 Å². The highest BCUT2D eigenvalue weighted by molar-refractivity contribution is 7.93. The molecule has 1 N–H and O–H groups in total. The summed E-state index contributed by atoms with van der Waals surface area (Å²) >= 11 is 0. The first-order valence-electron chi connectivity index (χ1n) is 4.68. The van der Waals surface area contributed by atoms with Gasteiger partial charge in [-0.1, -0.05) is 0 Å². The smallest absolute Gasteiger partial charge is 0.214 e. The second-order valence-corrected chi connectivity index (χ2v) is 8.97. The van der Waals surface area contributed by atoms with Crippen molar-refractivity contribution >= 4 is 19.9 Å². The third kappa shape index (κ3) is 7.15. The molecule has 0 atom stereocenters. The van der Waals surface area contributed by atoms with Crippen molar-refractivity contribution in [3.05, 3.63) is 0 Å². The van der Waals surface area contributed by atoms with Crippen LogP contribution in [0.4, 0.5) is 0 Å². The minimum Gasteiger partial charge on any atom is -0.389 e. The van der Waals surface area contributed by atoms with Crippen LogP contribution in [0.25, 0.3) is 0 Å². The summed E-state index contributed by atoms with van der Waals surface area (Å²) in [7, 11) is -5.62. The first-order chi connectivity index (χ1) is 6.83. The van der Waals surface area contributed by atoms with Crippen molar-refractivity contribution < 1.29 is 21.9 Å². The molecule has 0 aromatic rings. The number of rotatable bonds is 6. The van der Waals surface area contributed by atoms with Gasteiger partial charge >= 0.3 is 0 Å². The standard InChI is InChI=1S/C8H19NO5S2/c1-8(2,10)7-9(3)16(13,14)6-5-15(4,11)12/h10H,5-7H2,1-4H3. The second-order valence-electron chi connectivity index (χ2n) is 4.51. The van der Waals surface area contributed by atoms with Gasteiger partial charge in [0.25, 0.3) is 0 Å². The van der Waals surface area contributed by atoms with Gasteiger partial charge < -0.3 is 5.11 Å². The number of hydrogen-bond acceptors (Lipinski definition) is 5. The number of hydrogen-bond donors (Lipinski definition) is 1. The van der Waals surface area contributed by atoms with Crippen molar-refractivity contribution in [2.75, 3.05) is 31.4 Å². The fourth-order valence-electron chi connectivity index (χ4n) is 1.06. The fourth-order valence-corrected chi connectivity index (χ4v) is 3.93. The minimum atomic E-state index is -3.63. The Kier molecular flexibility index (Phi) is 4.93. The molecule has 0 radical (unpaired) electrons. The average Bonchev–Trinajstić information content (AvgIpc) is 1.96. The van der Waals surface area contributed by atoms with Gasteiger partial charge in [0, 0.05) is 19.8 Å². The summed E-state index contributed by atoms with van der Waals surface area (Å²) in [4.78, 5) is 0. The van der Waals surface area contributed by atoms with Gasteiger partial charge in [-0.2, -0.15) is 0 Å². The molecule has 0 amide bonds. The molecule has 16 heavy (non-hydrogen) atoms. The normalized spacial score (nSPS) is 14.4. The molecule has 0 aliphatic carbocycles. The molecule has 0 rings (SSSR count). The summed E-state index contributed by atoms with van der Waals surface area (Å²) in [6, 6.07) is 0. The number of likely N-dealkylation sites (N-methyl/N-ethyl adjacent to an activating group) is 1. The fraction of sp³-hybridized carbons (Fsp3) is 1.00. The zero-order valence-corrected chi connectivity index (χ0v) is 11.6. The van der Waals surface area contributed by atoms with E-state index in [-0.39, 0.29) is 6.54 Å². The molecule has 0 saturated carbocycles. The van der Waals surface area contributed by atoms with Crippen molar-refractivity contribution in [1.82, 2.24) is 4.31 Å². The van der Waals surface area contributed by atoms with Crippen LogP contribution >= 0.6 is 0 Å². The van der Waals surface area contributed by atoms with Gasteiger partial charge in [-0.05, 0) is 13.8 Å². The van der Waals surface area contributed by atoms with Crippen LogP contribution < -0.4 is 0 Å². The van der Waals surface area contributed by atoms with Crippen molar-refractivity contribution in [2.24, 2.45) is 0 Å². The Morgan fingerprint density at radius 3 is 1.88 bits per heavy atom. The average molecular weight is 273 g/mol. The highest BCUT2D eigenvalue weighted by atomic mass is 32.2. The van der Waals surface area contributed by atoms with E-state index in [0.29, 0.717) is 0 Å². The van der Waals surface area contributed by atoms with Crippen LogP contribution in [0.3, 0.4) is 0 Å². The number of aliphatic hydroxyl groups is 1. The minimum absolute atomic E-state index is 0.0703. The van der Waals surface area contributed by atoms with Gasteiger partial charge in [-0.3, -0.25) is 0 Å². The lowest BCUT2D eigenvalue weighted by atomic mass is 10.1. The molecule has 0 unspecified atom stereocenters. The van der Waals surface area contributed by atoms with E-state index >= 15 is 0 Å². The van der Waals surface area contributed by atoms with E-state index in [2.05, 4.69) is 0 Å². The molecule has 0 saturated heterocycles.